The van der Waals surface area contributed by atoms with Gasteiger partial charge in [0.2, 0.25) is 0 Å². The molecule has 0 aliphatic heterocycles. The predicted octanol–water partition coefficient (Wildman–Crippen LogP) is 3.14. The van der Waals surface area contributed by atoms with Crippen LogP contribution in [0, 0.1) is 0 Å². The van der Waals surface area contributed by atoms with E-state index in [1.165, 1.54) is 0 Å². The Hall–Kier alpha value is -2.27. The molecule has 0 aliphatic carbocycles. The van der Waals surface area contributed by atoms with Gasteiger partial charge in [-0.1, -0.05) is 30.3 Å². The Morgan fingerprint density at radius 1 is 1.17 bits per heavy atom. The molecule has 0 aliphatic rings. The molecule has 0 radical (unpaired) electrons. The van der Waals surface area contributed by atoms with Crippen LogP contribution >= 0.6 is 11.3 Å². The van der Waals surface area contributed by atoms with E-state index in [-0.39, 0.29) is 0 Å². The highest BCUT2D eigenvalue weighted by Gasteiger charge is 2.00. The molecule has 0 fully saturated rings. The maximum atomic E-state index is 4.17. The third-order valence-corrected chi connectivity index (χ3v) is 3.28. The number of hydrogen-bond donors (Lipinski definition) is 1. The lowest BCUT2D eigenvalue weighted by atomic mass is 10.2. The Bertz CT molecular complexity index is 671. The molecule has 1 N–H and O–H groups in total. The Kier molecular flexibility index (Phi) is 2.97. The molecule has 0 amide bonds. The molecule has 4 nitrogen and oxygen atoms in total. The number of thiophene rings is 1. The molecule has 18 heavy (non-hydrogen) atoms. The second-order valence-electron chi connectivity index (χ2n) is 3.67. The Morgan fingerprint density at radius 2 is 2.11 bits per heavy atom. The number of anilines is 1. The number of hydrogen-bond acceptors (Lipinski definition) is 5. The second-order valence-corrected chi connectivity index (χ2v) is 4.65. The second kappa shape index (κ2) is 4.93. The summed E-state index contributed by atoms with van der Waals surface area (Å²) in [6.45, 7) is 0. The summed E-state index contributed by atoms with van der Waals surface area (Å²) in [5.74, 6) is 0.668. The van der Waals surface area contributed by atoms with Gasteiger partial charge in [-0.2, -0.15) is 10.2 Å². The van der Waals surface area contributed by atoms with E-state index in [9.17, 15) is 0 Å². The van der Waals surface area contributed by atoms with Gasteiger partial charge in [-0.15, -0.1) is 16.4 Å². The summed E-state index contributed by atoms with van der Waals surface area (Å²) < 4.78 is 0. The zero-order chi connectivity index (χ0) is 12.2. The highest BCUT2D eigenvalue weighted by Crippen LogP contribution is 2.19. The Morgan fingerprint density at radius 3 is 3.00 bits per heavy atom. The van der Waals surface area contributed by atoms with E-state index < -0.39 is 0 Å². The van der Waals surface area contributed by atoms with Crippen LogP contribution in [0.3, 0.4) is 0 Å². The maximum Gasteiger partial charge on any atom is 0.176 e. The van der Waals surface area contributed by atoms with Gasteiger partial charge in [-0.25, -0.2) is 0 Å². The molecule has 3 aromatic rings. The van der Waals surface area contributed by atoms with Crippen molar-refractivity contribution in [2.75, 3.05) is 5.43 Å². The van der Waals surface area contributed by atoms with Crippen LogP contribution in [0.2, 0.25) is 0 Å². The molecule has 0 saturated heterocycles. The highest BCUT2D eigenvalue weighted by atomic mass is 32.1. The van der Waals surface area contributed by atoms with Gasteiger partial charge >= 0.3 is 0 Å². The summed E-state index contributed by atoms with van der Waals surface area (Å²) in [6.07, 6.45) is 3.51. The minimum Gasteiger partial charge on any atom is -0.259 e. The number of benzene rings is 1. The van der Waals surface area contributed by atoms with Crippen LogP contribution in [-0.2, 0) is 0 Å². The van der Waals surface area contributed by atoms with Gasteiger partial charge in [0.25, 0.3) is 0 Å². The van der Waals surface area contributed by atoms with Crippen molar-refractivity contribution >= 4 is 34.1 Å². The van der Waals surface area contributed by atoms with Crippen LogP contribution < -0.4 is 5.43 Å². The zero-order valence-electron chi connectivity index (χ0n) is 9.45. The molecule has 88 valence electrons. The smallest absolute Gasteiger partial charge is 0.176 e. The summed E-state index contributed by atoms with van der Waals surface area (Å²) in [5.41, 5.74) is 2.93. The number of nitrogens with zero attached hydrogens (tertiary/aromatic N) is 3. The van der Waals surface area contributed by atoms with Gasteiger partial charge in [-0.3, -0.25) is 5.43 Å². The van der Waals surface area contributed by atoms with Crippen LogP contribution in [-0.4, -0.2) is 16.4 Å². The van der Waals surface area contributed by atoms with Gasteiger partial charge < -0.3 is 0 Å². The first-order valence-corrected chi connectivity index (χ1v) is 6.34. The first-order chi connectivity index (χ1) is 8.93. The molecule has 3 rings (SSSR count). The molecule has 5 heteroatoms. The van der Waals surface area contributed by atoms with Crippen molar-refractivity contribution in [3.05, 3.63) is 52.9 Å². The summed E-state index contributed by atoms with van der Waals surface area (Å²) in [7, 11) is 0. The minimum absolute atomic E-state index is 0.668. The number of fused-ring (bicyclic) bond motifs is 1. The maximum absolute atomic E-state index is 4.17. The van der Waals surface area contributed by atoms with Gasteiger partial charge in [0.05, 0.1) is 12.4 Å². The quantitative estimate of drug-likeness (QED) is 0.577. The van der Waals surface area contributed by atoms with Crippen LogP contribution in [0.15, 0.2) is 53.1 Å². The molecule has 0 atom stereocenters. The highest BCUT2D eigenvalue weighted by molar-refractivity contribution is 7.11. The fraction of sp³-hybridized carbons (Fsp3) is 0. The topological polar surface area (TPSA) is 50.2 Å². The van der Waals surface area contributed by atoms with Crippen LogP contribution in [0.1, 0.15) is 4.88 Å². The van der Waals surface area contributed by atoms with Crippen molar-refractivity contribution in [1.29, 1.82) is 0 Å². The average Bonchev–Trinajstić information content (AvgIpc) is 2.92. The van der Waals surface area contributed by atoms with E-state index in [0.29, 0.717) is 5.82 Å². The van der Waals surface area contributed by atoms with E-state index >= 15 is 0 Å². The molecule has 0 unspecified atom stereocenters. The number of aromatic nitrogens is 2. The fourth-order valence-electron chi connectivity index (χ4n) is 1.63. The van der Waals surface area contributed by atoms with Crippen LogP contribution in [0.25, 0.3) is 10.8 Å². The standard InChI is InChI=1S/C13H10N4S/c1-2-6-12-10(4-1)8-14-16-13(12)17-15-9-11-5-3-7-18-11/h1-9H,(H,16,17)/b15-9+. The average molecular weight is 254 g/mol. The van der Waals surface area contributed by atoms with E-state index in [1.54, 1.807) is 23.7 Å². The largest absolute Gasteiger partial charge is 0.259 e. The fourth-order valence-corrected chi connectivity index (χ4v) is 2.22. The molecule has 2 heterocycles. The normalized spacial score (nSPS) is 11.1. The van der Waals surface area contributed by atoms with Gasteiger partial charge in [-0.05, 0) is 11.4 Å². The Balaban J connectivity index is 1.87. The number of rotatable bonds is 3. The lowest BCUT2D eigenvalue weighted by molar-refractivity contribution is 1.04. The molecular weight excluding hydrogens is 244 g/mol. The molecular formula is C13H10N4S. The number of hydrazone groups is 1. The lowest BCUT2D eigenvalue weighted by Crippen LogP contribution is -1.95. The molecule has 0 spiro atoms. The van der Waals surface area contributed by atoms with Crippen molar-refractivity contribution in [1.82, 2.24) is 10.2 Å². The van der Waals surface area contributed by atoms with E-state index in [2.05, 4.69) is 20.7 Å². The van der Waals surface area contributed by atoms with Crippen molar-refractivity contribution in [3.63, 3.8) is 0 Å². The predicted molar refractivity (Wildman–Crippen MR) is 75.1 cm³/mol. The van der Waals surface area contributed by atoms with E-state index in [4.69, 9.17) is 0 Å². The van der Waals surface area contributed by atoms with E-state index in [0.717, 1.165) is 15.6 Å². The van der Waals surface area contributed by atoms with Crippen LogP contribution in [0.5, 0.6) is 0 Å². The first kappa shape index (κ1) is 10.9. The summed E-state index contributed by atoms with van der Waals surface area (Å²) >= 11 is 1.64. The SMILES string of the molecule is C(=N\Nc1nncc2ccccc12)/c1cccs1. The van der Waals surface area contributed by atoms with Crippen molar-refractivity contribution < 1.29 is 0 Å². The van der Waals surface area contributed by atoms with Crippen molar-refractivity contribution in [2.45, 2.75) is 0 Å². The summed E-state index contributed by atoms with van der Waals surface area (Å²) in [6, 6.07) is 11.9. The monoisotopic (exact) mass is 254 g/mol. The molecule has 0 bridgehead atoms. The minimum atomic E-state index is 0.668. The third kappa shape index (κ3) is 2.21. The van der Waals surface area contributed by atoms with E-state index in [1.807, 2.05) is 41.8 Å². The van der Waals surface area contributed by atoms with Gasteiger partial charge in [0, 0.05) is 15.6 Å². The Labute approximate surface area is 108 Å². The molecule has 2 aromatic heterocycles. The first-order valence-electron chi connectivity index (χ1n) is 5.46. The summed E-state index contributed by atoms with van der Waals surface area (Å²) in [5, 5.41) is 16.2. The van der Waals surface area contributed by atoms with Crippen LogP contribution in [0.4, 0.5) is 5.82 Å². The molecule has 1 aromatic carbocycles. The third-order valence-electron chi connectivity index (χ3n) is 2.48. The van der Waals surface area contributed by atoms with Gasteiger partial charge in [0.15, 0.2) is 5.82 Å². The molecule has 0 saturated carbocycles. The summed E-state index contributed by atoms with van der Waals surface area (Å²) in [4.78, 5) is 1.09. The van der Waals surface area contributed by atoms with Crippen molar-refractivity contribution in [3.8, 4) is 0 Å². The number of nitrogens with one attached hydrogen (secondary N) is 1. The zero-order valence-corrected chi connectivity index (χ0v) is 10.3. The lowest BCUT2D eigenvalue weighted by Gasteiger charge is -2.02. The van der Waals surface area contributed by atoms with Crippen molar-refractivity contribution in [2.24, 2.45) is 5.10 Å². The van der Waals surface area contributed by atoms with Gasteiger partial charge in [0.1, 0.15) is 0 Å².